The quantitative estimate of drug-likeness (QED) is 0.651. The summed E-state index contributed by atoms with van der Waals surface area (Å²) in [7, 11) is 0. The fourth-order valence-corrected chi connectivity index (χ4v) is 2.74. The van der Waals surface area contributed by atoms with Gasteiger partial charge in [0.05, 0.1) is 11.3 Å². The van der Waals surface area contributed by atoms with Crippen LogP contribution in [0.2, 0.25) is 0 Å². The predicted octanol–water partition coefficient (Wildman–Crippen LogP) is 4.36. The van der Waals surface area contributed by atoms with Gasteiger partial charge in [0, 0.05) is 27.6 Å². The van der Waals surface area contributed by atoms with Crippen molar-refractivity contribution in [1.82, 2.24) is 9.97 Å². The van der Waals surface area contributed by atoms with Crippen LogP contribution in [-0.4, -0.2) is 21.8 Å². The zero-order chi connectivity index (χ0) is 19.4. The van der Waals surface area contributed by atoms with Gasteiger partial charge in [-0.25, -0.2) is 4.98 Å². The minimum atomic E-state index is -0.311. The summed E-state index contributed by atoms with van der Waals surface area (Å²) in [6, 6.07) is 13.7. The molecule has 2 aromatic heterocycles. The molecule has 3 aromatic rings. The summed E-state index contributed by atoms with van der Waals surface area (Å²) < 4.78 is 0.825. The summed E-state index contributed by atoms with van der Waals surface area (Å²) in [5, 5.41) is 5.52. The van der Waals surface area contributed by atoms with Crippen LogP contribution < -0.4 is 10.6 Å². The number of hydrogen-bond acceptors (Lipinski definition) is 4. The molecule has 0 aliphatic carbocycles. The Morgan fingerprint density at radius 2 is 1.78 bits per heavy atom. The number of amides is 2. The van der Waals surface area contributed by atoms with Crippen LogP contribution in [0.4, 0.5) is 11.5 Å². The summed E-state index contributed by atoms with van der Waals surface area (Å²) in [5.41, 5.74) is 2.94. The predicted molar refractivity (Wildman–Crippen MR) is 108 cm³/mol. The molecule has 3 rings (SSSR count). The summed E-state index contributed by atoms with van der Waals surface area (Å²) in [5.74, 6) is -0.139. The van der Waals surface area contributed by atoms with Crippen molar-refractivity contribution in [2.75, 3.05) is 10.6 Å². The van der Waals surface area contributed by atoms with E-state index in [-0.39, 0.29) is 11.8 Å². The first-order valence-electron chi connectivity index (χ1n) is 8.21. The van der Waals surface area contributed by atoms with E-state index in [1.165, 1.54) is 0 Å². The van der Waals surface area contributed by atoms with Crippen molar-refractivity contribution in [2.24, 2.45) is 0 Å². The second kappa shape index (κ2) is 8.09. The first-order chi connectivity index (χ1) is 12.9. The highest BCUT2D eigenvalue weighted by Gasteiger charge is 2.12. The number of nitrogens with one attached hydrogen (secondary N) is 2. The third-order valence-corrected chi connectivity index (χ3v) is 4.29. The van der Waals surface area contributed by atoms with Crippen LogP contribution in [0.3, 0.4) is 0 Å². The second-order valence-corrected chi connectivity index (χ2v) is 6.85. The third-order valence-electron chi connectivity index (χ3n) is 3.82. The van der Waals surface area contributed by atoms with Crippen LogP contribution in [0.15, 0.2) is 59.2 Å². The van der Waals surface area contributed by atoms with E-state index in [0.717, 1.165) is 10.2 Å². The van der Waals surface area contributed by atoms with Gasteiger partial charge in [-0.2, -0.15) is 0 Å². The van der Waals surface area contributed by atoms with Gasteiger partial charge in [0.2, 0.25) is 0 Å². The van der Waals surface area contributed by atoms with Gasteiger partial charge >= 0.3 is 0 Å². The lowest BCUT2D eigenvalue weighted by molar-refractivity contribution is 0.101. The average molecular weight is 425 g/mol. The molecule has 27 heavy (non-hydrogen) atoms. The van der Waals surface area contributed by atoms with E-state index in [4.69, 9.17) is 0 Å². The average Bonchev–Trinajstić information content (AvgIpc) is 2.63. The SMILES string of the molecule is Cc1ccc(C(=O)Nc2cccc(C(=O)Nc3ccc(Br)cn3)c2)c(C)n1. The highest BCUT2D eigenvalue weighted by Crippen LogP contribution is 2.16. The zero-order valence-electron chi connectivity index (χ0n) is 14.8. The van der Waals surface area contributed by atoms with E-state index in [1.807, 2.05) is 6.92 Å². The number of nitrogens with zero attached hydrogens (tertiary/aromatic N) is 2. The molecular weight excluding hydrogens is 408 g/mol. The van der Waals surface area contributed by atoms with E-state index < -0.39 is 0 Å². The fourth-order valence-electron chi connectivity index (χ4n) is 2.50. The number of carbonyl (C=O) groups excluding carboxylic acids is 2. The van der Waals surface area contributed by atoms with Gasteiger partial charge in [-0.15, -0.1) is 0 Å². The Hall–Kier alpha value is -3.06. The summed E-state index contributed by atoms with van der Waals surface area (Å²) in [6.45, 7) is 3.66. The van der Waals surface area contributed by atoms with Crippen molar-refractivity contribution in [3.8, 4) is 0 Å². The van der Waals surface area contributed by atoms with Crippen LogP contribution in [0.5, 0.6) is 0 Å². The molecule has 136 valence electrons. The number of hydrogen-bond donors (Lipinski definition) is 2. The first kappa shape index (κ1) is 18.7. The van der Waals surface area contributed by atoms with Gasteiger partial charge in [0.1, 0.15) is 5.82 Å². The molecule has 2 amide bonds. The summed E-state index contributed by atoms with van der Waals surface area (Å²) in [4.78, 5) is 33.3. The molecule has 2 N–H and O–H groups in total. The molecule has 6 nitrogen and oxygen atoms in total. The maximum atomic E-state index is 12.5. The summed E-state index contributed by atoms with van der Waals surface area (Å²) >= 11 is 3.30. The highest BCUT2D eigenvalue weighted by atomic mass is 79.9. The van der Waals surface area contributed by atoms with E-state index in [2.05, 4.69) is 36.5 Å². The molecule has 0 saturated carbocycles. The number of aryl methyl sites for hydroxylation is 2. The van der Waals surface area contributed by atoms with Crippen molar-refractivity contribution in [3.05, 3.63) is 81.7 Å². The Labute approximate surface area is 165 Å². The van der Waals surface area contributed by atoms with Crippen LogP contribution in [0.25, 0.3) is 0 Å². The Kier molecular flexibility index (Phi) is 5.61. The van der Waals surface area contributed by atoms with Crippen LogP contribution in [0, 0.1) is 13.8 Å². The Balaban J connectivity index is 1.73. The number of rotatable bonds is 4. The van der Waals surface area contributed by atoms with Gasteiger partial charge in [0.15, 0.2) is 0 Å². The van der Waals surface area contributed by atoms with Gasteiger partial charge in [-0.3, -0.25) is 14.6 Å². The molecule has 1 aromatic carbocycles. The number of halogens is 1. The minimum absolute atomic E-state index is 0.271. The second-order valence-electron chi connectivity index (χ2n) is 5.94. The molecule has 0 aliphatic rings. The summed E-state index contributed by atoms with van der Waals surface area (Å²) in [6.07, 6.45) is 1.60. The van der Waals surface area contributed by atoms with E-state index >= 15 is 0 Å². The van der Waals surface area contributed by atoms with Crippen LogP contribution in [-0.2, 0) is 0 Å². The molecule has 2 heterocycles. The van der Waals surface area contributed by atoms with Crippen molar-refractivity contribution in [3.63, 3.8) is 0 Å². The molecule has 0 unspecified atom stereocenters. The number of carbonyl (C=O) groups is 2. The van der Waals surface area contributed by atoms with Crippen LogP contribution in [0.1, 0.15) is 32.1 Å². The zero-order valence-corrected chi connectivity index (χ0v) is 16.4. The maximum absolute atomic E-state index is 12.5. The van der Waals surface area contributed by atoms with Gasteiger partial charge in [-0.05, 0) is 72.2 Å². The lowest BCUT2D eigenvalue weighted by atomic mass is 10.1. The standard InChI is InChI=1S/C20H17BrN4O2/c1-12-6-8-17(13(2)23-12)20(27)24-16-5-3-4-14(10-16)19(26)25-18-9-7-15(21)11-22-18/h3-11H,1-2H3,(H,24,27)(H,22,25,26). The normalized spacial score (nSPS) is 10.3. The van der Waals surface area contributed by atoms with Crippen molar-refractivity contribution in [2.45, 2.75) is 13.8 Å². The monoisotopic (exact) mass is 424 g/mol. The molecule has 0 bridgehead atoms. The molecule has 0 saturated heterocycles. The smallest absolute Gasteiger partial charge is 0.257 e. The first-order valence-corrected chi connectivity index (χ1v) is 9.00. The van der Waals surface area contributed by atoms with Gasteiger partial charge in [0.25, 0.3) is 11.8 Å². The Morgan fingerprint density at radius 3 is 2.48 bits per heavy atom. The van der Waals surface area contributed by atoms with Crippen molar-refractivity contribution in [1.29, 1.82) is 0 Å². The van der Waals surface area contributed by atoms with E-state index in [9.17, 15) is 9.59 Å². The topological polar surface area (TPSA) is 84.0 Å². The fraction of sp³-hybridized carbons (Fsp3) is 0.100. The van der Waals surface area contributed by atoms with Gasteiger partial charge in [-0.1, -0.05) is 6.07 Å². The largest absolute Gasteiger partial charge is 0.322 e. The molecule has 0 aliphatic heterocycles. The lowest BCUT2D eigenvalue weighted by Crippen LogP contribution is -2.16. The molecular formula is C20H17BrN4O2. The molecule has 7 heteroatoms. The Morgan fingerprint density at radius 1 is 0.963 bits per heavy atom. The van der Waals surface area contributed by atoms with Crippen molar-refractivity contribution >= 4 is 39.2 Å². The van der Waals surface area contributed by atoms with Crippen LogP contribution >= 0.6 is 15.9 Å². The lowest BCUT2D eigenvalue weighted by Gasteiger charge is -2.09. The minimum Gasteiger partial charge on any atom is -0.322 e. The third kappa shape index (κ3) is 4.77. The number of aromatic nitrogens is 2. The maximum Gasteiger partial charge on any atom is 0.257 e. The number of anilines is 2. The van der Waals surface area contributed by atoms with Gasteiger partial charge < -0.3 is 10.6 Å². The Bertz CT molecular complexity index is 1000. The van der Waals surface area contributed by atoms with E-state index in [1.54, 1.807) is 61.7 Å². The molecule has 0 atom stereocenters. The van der Waals surface area contributed by atoms with Crippen molar-refractivity contribution < 1.29 is 9.59 Å². The highest BCUT2D eigenvalue weighted by molar-refractivity contribution is 9.10. The number of benzene rings is 1. The molecule has 0 radical (unpaired) electrons. The molecule has 0 spiro atoms. The van der Waals surface area contributed by atoms with E-state index in [0.29, 0.717) is 28.3 Å². The molecule has 0 fully saturated rings. The number of pyridine rings is 2.